The summed E-state index contributed by atoms with van der Waals surface area (Å²) in [4.78, 5) is 24.1. The fourth-order valence-corrected chi connectivity index (χ4v) is 2.86. The number of fused-ring (bicyclic) bond motifs is 3. The third-order valence-corrected chi connectivity index (χ3v) is 4.60. The van der Waals surface area contributed by atoms with Crippen molar-refractivity contribution < 1.29 is 18.7 Å². The van der Waals surface area contributed by atoms with Crippen LogP contribution in [0.4, 0.5) is 0 Å². The number of amides is 1. The molecule has 5 nitrogen and oxygen atoms in total. The van der Waals surface area contributed by atoms with E-state index in [0.29, 0.717) is 0 Å². The van der Waals surface area contributed by atoms with E-state index in [4.69, 9.17) is 9.15 Å². The molecular weight excluding hydrogens is 330 g/mol. The number of hydrogen-bond acceptors (Lipinski definition) is 4. The lowest BCUT2D eigenvalue weighted by Crippen LogP contribution is -2.44. The van der Waals surface area contributed by atoms with Crippen molar-refractivity contribution >= 4 is 33.6 Å². The maximum absolute atomic E-state index is 12.2. The Morgan fingerprint density at radius 1 is 1.15 bits per heavy atom. The highest BCUT2D eigenvalue weighted by molar-refractivity contribution is 6.08. The average molecular weight is 353 g/mol. The van der Waals surface area contributed by atoms with Crippen LogP contribution in [0, 0.1) is 0 Å². The van der Waals surface area contributed by atoms with Gasteiger partial charge in [-0.25, -0.2) is 0 Å². The summed E-state index contributed by atoms with van der Waals surface area (Å²) in [6.45, 7) is 5.56. The van der Waals surface area contributed by atoms with Gasteiger partial charge in [0.25, 0.3) is 5.91 Å². The Kier molecular flexibility index (Phi) is 4.98. The highest BCUT2D eigenvalue weighted by atomic mass is 16.5. The zero-order chi connectivity index (χ0) is 18.7. The molecule has 1 heterocycles. The second-order valence-corrected chi connectivity index (χ2v) is 7.04. The van der Waals surface area contributed by atoms with E-state index < -0.39 is 5.97 Å². The number of carbonyl (C=O) groups excluding carboxylic acids is 2. The van der Waals surface area contributed by atoms with Crippen molar-refractivity contribution in [1.29, 1.82) is 0 Å². The van der Waals surface area contributed by atoms with Gasteiger partial charge in [-0.15, -0.1) is 0 Å². The molecule has 0 atom stereocenters. The molecule has 1 N–H and O–H groups in total. The van der Waals surface area contributed by atoms with E-state index in [-0.39, 0.29) is 24.5 Å². The van der Waals surface area contributed by atoms with Crippen LogP contribution in [0.2, 0.25) is 0 Å². The summed E-state index contributed by atoms with van der Waals surface area (Å²) in [5, 5.41) is 5.87. The van der Waals surface area contributed by atoms with Crippen molar-refractivity contribution in [3.05, 3.63) is 48.2 Å². The number of hydrogen-bond donors (Lipinski definition) is 1. The zero-order valence-electron chi connectivity index (χ0n) is 15.3. The van der Waals surface area contributed by atoms with Gasteiger partial charge in [-0.2, -0.15) is 0 Å². The molecular formula is C21H23NO4. The van der Waals surface area contributed by atoms with Crippen LogP contribution in [0.1, 0.15) is 32.8 Å². The Morgan fingerprint density at radius 2 is 1.92 bits per heavy atom. The smallest absolute Gasteiger partial charge is 0.310 e. The first kappa shape index (κ1) is 18.0. The molecule has 0 aliphatic heterocycles. The Balaban J connectivity index is 1.70. The number of rotatable bonds is 6. The van der Waals surface area contributed by atoms with E-state index in [1.165, 1.54) is 0 Å². The van der Waals surface area contributed by atoms with Crippen LogP contribution >= 0.6 is 0 Å². The van der Waals surface area contributed by atoms with E-state index in [2.05, 4.69) is 5.32 Å². The molecule has 0 fully saturated rings. The molecule has 2 aromatic carbocycles. The van der Waals surface area contributed by atoms with Crippen LogP contribution < -0.4 is 5.32 Å². The van der Waals surface area contributed by atoms with Crippen LogP contribution in [0.5, 0.6) is 0 Å². The number of esters is 1. The quantitative estimate of drug-likeness (QED) is 0.681. The minimum atomic E-state index is -0.454. The number of ether oxygens (including phenoxy) is 1. The minimum absolute atomic E-state index is 0.0610. The van der Waals surface area contributed by atoms with Gasteiger partial charge in [0.05, 0.1) is 12.7 Å². The summed E-state index contributed by atoms with van der Waals surface area (Å²) in [5.74, 6) is -0.752. The number of furan rings is 1. The lowest BCUT2D eigenvalue weighted by atomic mass is 10.0. The Bertz CT molecular complexity index is 955. The minimum Gasteiger partial charge on any atom is -0.464 e. The second-order valence-electron chi connectivity index (χ2n) is 7.04. The zero-order valence-corrected chi connectivity index (χ0v) is 15.3. The summed E-state index contributed by atoms with van der Waals surface area (Å²) in [6, 6.07) is 11.8. The monoisotopic (exact) mass is 353 g/mol. The second kappa shape index (κ2) is 7.20. The van der Waals surface area contributed by atoms with Crippen molar-refractivity contribution in [3.63, 3.8) is 0 Å². The molecule has 0 saturated carbocycles. The molecule has 0 saturated heterocycles. The van der Waals surface area contributed by atoms with E-state index in [1.807, 2.05) is 57.2 Å². The topological polar surface area (TPSA) is 68.5 Å². The van der Waals surface area contributed by atoms with Crippen molar-refractivity contribution in [3.8, 4) is 0 Å². The first-order chi connectivity index (χ1) is 12.4. The number of carbonyl (C=O) groups is 2. The van der Waals surface area contributed by atoms with Gasteiger partial charge >= 0.3 is 5.97 Å². The lowest BCUT2D eigenvalue weighted by Gasteiger charge is -2.24. The Morgan fingerprint density at radius 3 is 2.69 bits per heavy atom. The molecule has 1 amide bonds. The van der Waals surface area contributed by atoms with Crippen molar-refractivity contribution in [2.45, 2.75) is 39.2 Å². The van der Waals surface area contributed by atoms with Crippen LogP contribution in [-0.2, 0) is 20.7 Å². The van der Waals surface area contributed by atoms with Gasteiger partial charge in [-0.05, 0) is 37.1 Å². The third-order valence-electron chi connectivity index (χ3n) is 4.60. The predicted molar refractivity (Wildman–Crippen MR) is 101 cm³/mol. The van der Waals surface area contributed by atoms with Crippen LogP contribution in [0.15, 0.2) is 47.1 Å². The van der Waals surface area contributed by atoms with Gasteiger partial charge in [0, 0.05) is 16.5 Å². The first-order valence-electron chi connectivity index (χ1n) is 8.74. The molecule has 26 heavy (non-hydrogen) atoms. The summed E-state index contributed by atoms with van der Waals surface area (Å²) in [6.07, 6.45) is 2.44. The molecule has 3 rings (SSSR count). The average Bonchev–Trinajstić information content (AvgIpc) is 3.03. The van der Waals surface area contributed by atoms with Gasteiger partial charge in [-0.1, -0.05) is 37.3 Å². The lowest BCUT2D eigenvalue weighted by molar-refractivity contribution is -0.148. The molecule has 0 bridgehead atoms. The van der Waals surface area contributed by atoms with E-state index >= 15 is 0 Å². The Labute approximate surface area is 152 Å². The summed E-state index contributed by atoms with van der Waals surface area (Å²) >= 11 is 0. The largest absolute Gasteiger partial charge is 0.464 e. The van der Waals surface area contributed by atoms with Gasteiger partial charge in [0.1, 0.15) is 5.58 Å². The highest BCUT2D eigenvalue weighted by Crippen LogP contribution is 2.30. The van der Waals surface area contributed by atoms with Crippen LogP contribution in [0.25, 0.3) is 21.7 Å². The van der Waals surface area contributed by atoms with E-state index in [9.17, 15) is 9.59 Å². The molecule has 0 aliphatic carbocycles. The van der Waals surface area contributed by atoms with Crippen LogP contribution in [-0.4, -0.2) is 24.0 Å². The van der Waals surface area contributed by atoms with E-state index in [0.717, 1.165) is 33.7 Å². The molecule has 1 aromatic heterocycles. The predicted octanol–water partition coefficient (Wildman–Crippen LogP) is 3.98. The maximum Gasteiger partial charge on any atom is 0.310 e. The van der Waals surface area contributed by atoms with Crippen molar-refractivity contribution in [2.75, 3.05) is 6.61 Å². The van der Waals surface area contributed by atoms with Crippen molar-refractivity contribution in [1.82, 2.24) is 5.32 Å². The van der Waals surface area contributed by atoms with Gasteiger partial charge in [-0.3, -0.25) is 9.59 Å². The summed E-state index contributed by atoms with van der Waals surface area (Å²) < 4.78 is 10.7. The Hall–Kier alpha value is -2.82. The molecule has 0 unspecified atom stereocenters. The van der Waals surface area contributed by atoms with Crippen molar-refractivity contribution in [2.24, 2.45) is 0 Å². The fourth-order valence-electron chi connectivity index (χ4n) is 2.86. The van der Waals surface area contributed by atoms with Gasteiger partial charge in [0.15, 0.2) is 6.61 Å². The van der Waals surface area contributed by atoms with Gasteiger partial charge < -0.3 is 14.5 Å². The molecule has 5 heteroatoms. The standard InChI is InChI=1S/C21H23NO4/c1-4-21(2,3)22-18(23)13-26-19(24)11-15-12-25-17-10-9-14-7-5-6-8-16(14)20(15)17/h5-10,12H,4,11,13H2,1-3H3,(H,22,23). The number of benzene rings is 2. The molecule has 0 radical (unpaired) electrons. The molecule has 136 valence electrons. The summed E-state index contributed by atoms with van der Waals surface area (Å²) in [7, 11) is 0. The molecule has 0 spiro atoms. The molecule has 3 aromatic rings. The van der Waals surface area contributed by atoms with Gasteiger partial charge in [0.2, 0.25) is 0 Å². The molecule has 0 aliphatic rings. The van der Waals surface area contributed by atoms with Crippen LogP contribution in [0.3, 0.4) is 0 Å². The SMILES string of the molecule is CCC(C)(C)NC(=O)COC(=O)Cc1coc2ccc3ccccc3c12. The van der Waals surface area contributed by atoms with E-state index in [1.54, 1.807) is 6.26 Å². The fraction of sp³-hybridized carbons (Fsp3) is 0.333. The normalized spacial score (nSPS) is 11.7. The maximum atomic E-state index is 12.2. The third kappa shape index (κ3) is 3.87. The summed E-state index contributed by atoms with van der Waals surface area (Å²) in [5.41, 5.74) is 1.17. The highest BCUT2D eigenvalue weighted by Gasteiger charge is 2.19. The number of nitrogens with one attached hydrogen (secondary N) is 1. The first-order valence-corrected chi connectivity index (χ1v) is 8.74.